The second-order valence-electron chi connectivity index (χ2n) is 5.88. The Labute approximate surface area is 133 Å². The van der Waals surface area contributed by atoms with E-state index < -0.39 is 5.97 Å². The molecule has 7 nitrogen and oxygen atoms in total. The standard InChI is InChI=1S/C16H17N3O4/c1-18-5-4-12-11(7-18)16(17-19(12)8-15(20)21)10-2-3-13-14(6-10)23-9-22-13/h2-3,6H,4-5,7-9H2,1H3,(H,20,21). The van der Waals surface area contributed by atoms with Crippen molar-refractivity contribution in [3.8, 4) is 22.8 Å². The van der Waals surface area contributed by atoms with Crippen molar-refractivity contribution in [1.82, 2.24) is 14.7 Å². The van der Waals surface area contributed by atoms with Crippen LogP contribution in [0.5, 0.6) is 11.5 Å². The molecule has 3 heterocycles. The van der Waals surface area contributed by atoms with E-state index in [0.29, 0.717) is 5.75 Å². The van der Waals surface area contributed by atoms with E-state index in [1.165, 1.54) is 0 Å². The fourth-order valence-electron chi connectivity index (χ4n) is 3.16. The van der Waals surface area contributed by atoms with E-state index in [1.807, 2.05) is 18.2 Å². The van der Waals surface area contributed by atoms with E-state index in [-0.39, 0.29) is 13.3 Å². The molecule has 2 aliphatic rings. The maximum atomic E-state index is 11.1. The summed E-state index contributed by atoms with van der Waals surface area (Å²) >= 11 is 0. The first-order chi connectivity index (χ1) is 11.1. The lowest BCUT2D eigenvalue weighted by atomic mass is 10.0. The molecule has 0 saturated carbocycles. The van der Waals surface area contributed by atoms with Crippen molar-refractivity contribution in [2.24, 2.45) is 0 Å². The SMILES string of the molecule is CN1CCc2c(c(-c3ccc4c(c3)OCO4)nn2CC(=O)O)C1. The Balaban J connectivity index is 1.81. The summed E-state index contributed by atoms with van der Waals surface area (Å²) in [5.74, 6) is 0.546. The van der Waals surface area contributed by atoms with Crippen LogP contribution in [0.1, 0.15) is 11.3 Å². The van der Waals surface area contributed by atoms with Crippen LogP contribution in [0.3, 0.4) is 0 Å². The molecule has 4 rings (SSSR count). The molecule has 7 heteroatoms. The molecular formula is C16H17N3O4. The van der Waals surface area contributed by atoms with Gasteiger partial charge in [0.1, 0.15) is 6.54 Å². The number of likely N-dealkylation sites (N-methyl/N-ethyl adjacent to an activating group) is 1. The summed E-state index contributed by atoms with van der Waals surface area (Å²) in [4.78, 5) is 13.3. The van der Waals surface area contributed by atoms with Crippen molar-refractivity contribution in [3.05, 3.63) is 29.5 Å². The lowest BCUT2D eigenvalue weighted by Crippen LogP contribution is -2.28. The summed E-state index contributed by atoms with van der Waals surface area (Å²) in [6.07, 6.45) is 0.802. The minimum Gasteiger partial charge on any atom is -0.480 e. The normalized spacial score (nSPS) is 16.4. The van der Waals surface area contributed by atoms with Crippen molar-refractivity contribution in [2.75, 3.05) is 20.4 Å². The number of aliphatic carboxylic acids is 1. The molecule has 0 saturated heterocycles. The van der Waals surface area contributed by atoms with Gasteiger partial charge < -0.3 is 19.5 Å². The number of carbonyl (C=O) groups is 1. The Kier molecular flexibility index (Phi) is 3.23. The van der Waals surface area contributed by atoms with Gasteiger partial charge in [-0.05, 0) is 25.2 Å². The van der Waals surface area contributed by atoms with Gasteiger partial charge in [0.25, 0.3) is 0 Å². The number of hydrogen-bond acceptors (Lipinski definition) is 5. The van der Waals surface area contributed by atoms with E-state index in [2.05, 4.69) is 17.0 Å². The maximum absolute atomic E-state index is 11.1. The Morgan fingerprint density at radius 2 is 2.17 bits per heavy atom. The van der Waals surface area contributed by atoms with Gasteiger partial charge in [-0.25, -0.2) is 0 Å². The predicted octanol–water partition coefficient (Wildman–Crippen LogP) is 1.35. The highest BCUT2D eigenvalue weighted by atomic mass is 16.7. The van der Waals surface area contributed by atoms with Gasteiger partial charge in [-0.15, -0.1) is 0 Å². The topological polar surface area (TPSA) is 76.8 Å². The van der Waals surface area contributed by atoms with E-state index in [0.717, 1.165) is 47.8 Å². The monoisotopic (exact) mass is 315 g/mol. The Morgan fingerprint density at radius 3 is 3.00 bits per heavy atom. The van der Waals surface area contributed by atoms with Crippen LogP contribution in [0.4, 0.5) is 0 Å². The zero-order chi connectivity index (χ0) is 16.0. The predicted molar refractivity (Wildman–Crippen MR) is 81.5 cm³/mol. The minimum atomic E-state index is -0.883. The van der Waals surface area contributed by atoms with Gasteiger partial charge >= 0.3 is 5.97 Å². The zero-order valence-corrected chi connectivity index (χ0v) is 12.8. The molecule has 0 radical (unpaired) electrons. The Morgan fingerprint density at radius 1 is 1.35 bits per heavy atom. The molecule has 1 N–H and O–H groups in total. The number of benzene rings is 1. The number of aromatic nitrogens is 2. The third-order valence-electron chi connectivity index (χ3n) is 4.26. The Hall–Kier alpha value is -2.54. The molecular weight excluding hydrogens is 298 g/mol. The fraction of sp³-hybridized carbons (Fsp3) is 0.375. The van der Waals surface area contributed by atoms with E-state index in [1.54, 1.807) is 4.68 Å². The molecule has 1 aromatic carbocycles. The highest BCUT2D eigenvalue weighted by Crippen LogP contribution is 2.37. The quantitative estimate of drug-likeness (QED) is 0.921. The van der Waals surface area contributed by atoms with Crippen LogP contribution in [0.25, 0.3) is 11.3 Å². The molecule has 0 fully saturated rings. The smallest absolute Gasteiger partial charge is 0.325 e. The summed E-state index contributed by atoms with van der Waals surface area (Å²) in [5, 5.41) is 13.7. The Bertz CT molecular complexity index is 784. The van der Waals surface area contributed by atoms with Crippen molar-refractivity contribution in [3.63, 3.8) is 0 Å². The van der Waals surface area contributed by atoms with Crippen molar-refractivity contribution in [2.45, 2.75) is 19.5 Å². The molecule has 0 bridgehead atoms. The van der Waals surface area contributed by atoms with Gasteiger partial charge in [0.05, 0.1) is 5.69 Å². The summed E-state index contributed by atoms with van der Waals surface area (Å²) in [6, 6.07) is 5.72. The van der Waals surface area contributed by atoms with Gasteiger partial charge in [-0.1, -0.05) is 0 Å². The molecule has 0 atom stereocenters. The average Bonchev–Trinajstić information content (AvgIpc) is 3.10. The van der Waals surface area contributed by atoms with Gasteiger partial charge in [-0.2, -0.15) is 5.10 Å². The first kappa shape index (κ1) is 14.1. The molecule has 23 heavy (non-hydrogen) atoms. The van der Waals surface area contributed by atoms with Crippen LogP contribution in [0.2, 0.25) is 0 Å². The van der Waals surface area contributed by atoms with Gasteiger partial charge in [0.2, 0.25) is 6.79 Å². The van der Waals surface area contributed by atoms with Crippen LogP contribution in [0.15, 0.2) is 18.2 Å². The van der Waals surface area contributed by atoms with Gasteiger partial charge in [-0.3, -0.25) is 9.48 Å². The molecule has 0 aliphatic carbocycles. The van der Waals surface area contributed by atoms with Crippen LogP contribution >= 0.6 is 0 Å². The summed E-state index contributed by atoms with van der Waals surface area (Å²) in [6.45, 7) is 1.78. The van der Waals surface area contributed by atoms with Crippen molar-refractivity contribution in [1.29, 1.82) is 0 Å². The minimum absolute atomic E-state index is 0.114. The molecule has 0 unspecified atom stereocenters. The molecule has 1 aromatic heterocycles. The van der Waals surface area contributed by atoms with Crippen LogP contribution in [-0.4, -0.2) is 46.1 Å². The largest absolute Gasteiger partial charge is 0.480 e. The highest BCUT2D eigenvalue weighted by Gasteiger charge is 2.26. The third kappa shape index (κ3) is 2.43. The molecule has 0 amide bonds. The number of rotatable bonds is 3. The second kappa shape index (κ2) is 5.27. The molecule has 120 valence electrons. The number of carboxylic acids is 1. The van der Waals surface area contributed by atoms with Crippen molar-refractivity contribution < 1.29 is 19.4 Å². The van der Waals surface area contributed by atoms with Crippen molar-refractivity contribution >= 4 is 5.97 Å². The van der Waals surface area contributed by atoms with E-state index in [4.69, 9.17) is 14.6 Å². The lowest BCUT2D eigenvalue weighted by molar-refractivity contribution is -0.137. The highest BCUT2D eigenvalue weighted by molar-refractivity contribution is 5.70. The number of carboxylic acid groups (broad SMARTS) is 1. The molecule has 0 spiro atoms. The number of hydrogen-bond donors (Lipinski definition) is 1. The maximum Gasteiger partial charge on any atom is 0.325 e. The summed E-state index contributed by atoms with van der Waals surface area (Å²) in [5.41, 5.74) is 3.85. The average molecular weight is 315 g/mol. The summed E-state index contributed by atoms with van der Waals surface area (Å²) < 4.78 is 12.4. The number of fused-ring (bicyclic) bond motifs is 2. The van der Waals surface area contributed by atoms with Gasteiger partial charge in [0, 0.05) is 36.3 Å². The lowest BCUT2D eigenvalue weighted by Gasteiger charge is -2.23. The number of ether oxygens (including phenoxy) is 2. The first-order valence-corrected chi connectivity index (χ1v) is 7.51. The zero-order valence-electron chi connectivity index (χ0n) is 12.8. The molecule has 2 aromatic rings. The van der Waals surface area contributed by atoms with Gasteiger partial charge in [0.15, 0.2) is 11.5 Å². The van der Waals surface area contributed by atoms with E-state index >= 15 is 0 Å². The van der Waals surface area contributed by atoms with E-state index in [9.17, 15) is 4.79 Å². The first-order valence-electron chi connectivity index (χ1n) is 7.51. The van der Waals surface area contributed by atoms with Crippen LogP contribution in [-0.2, 0) is 24.3 Å². The third-order valence-corrected chi connectivity index (χ3v) is 4.26. The second-order valence-corrected chi connectivity index (χ2v) is 5.88. The summed E-state index contributed by atoms with van der Waals surface area (Å²) in [7, 11) is 2.06. The van der Waals surface area contributed by atoms with Crippen LogP contribution < -0.4 is 9.47 Å². The fourth-order valence-corrected chi connectivity index (χ4v) is 3.16. The van der Waals surface area contributed by atoms with Crippen LogP contribution in [0, 0.1) is 0 Å². The molecule has 2 aliphatic heterocycles. The number of nitrogens with zero attached hydrogens (tertiary/aromatic N) is 3.